The van der Waals surface area contributed by atoms with Crippen LogP contribution in [0.5, 0.6) is 11.5 Å². The van der Waals surface area contributed by atoms with Crippen molar-refractivity contribution in [1.29, 1.82) is 0 Å². The maximum absolute atomic E-state index is 12.4. The van der Waals surface area contributed by atoms with Crippen molar-refractivity contribution in [2.75, 3.05) is 6.54 Å². The van der Waals surface area contributed by atoms with E-state index >= 15 is 0 Å². The highest BCUT2D eigenvalue weighted by atomic mass is 16.3. The minimum absolute atomic E-state index is 0.101. The molecule has 0 heterocycles. The van der Waals surface area contributed by atoms with Gasteiger partial charge in [-0.3, -0.25) is 4.79 Å². The maximum atomic E-state index is 12.4. The normalized spacial score (nSPS) is 11.5. The fraction of sp³-hybridized carbons (Fsp3) is 0.350. The number of aryl methyl sites for hydroxylation is 1. The number of Topliss-reactive ketones (excluding diaryl/α,β-unsaturated/α-hetero) is 1. The summed E-state index contributed by atoms with van der Waals surface area (Å²) in [5, 5.41) is 22.5. The van der Waals surface area contributed by atoms with Gasteiger partial charge >= 0.3 is 0 Å². The van der Waals surface area contributed by atoms with E-state index in [1.54, 1.807) is 13.0 Å². The second-order valence-electron chi connectivity index (χ2n) is 6.75. The molecule has 2 aromatic rings. The van der Waals surface area contributed by atoms with Gasteiger partial charge in [0.05, 0.1) is 6.54 Å². The summed E-state index contributed by atoms with van der Waals surface area (Å²) in [6, 6.07) is 13.1. The molecule has 0 bridgehead atoms. The number of hydrogen-bond acceptors (Lipinski definition) is 4. The first-order valence-electron chi connectivity index (χ1n) is 8.14. The molecule has 0 unspecified atom stereocenters. The van der Waals surface area contributed by atoms with Crippen molar-refractivity contribution in [2.24, 2.45) is 0 Å². The van der Waals surface area contributed by atoms with Gasteiger partial charge in [-0.1, -0.05) is 30.3 Å². The summed E-state index contributed by atoms with van der Waals surface area (Å²) in [6.45, 7) is 5.96. The minimum atomic E-state index is -0.232. The standard InChI is InChI=1S/C20H25NO3/c1-14-16(9-10-17(22)19(14)24)18(23)13-21-20(2,3)12-11-15-7-5-4-6-8-15/h4-10,21-22,24H,11-13H2,1-3H3. The lowest BCUT2D eigenvalue weighted by molar-refractivity contribution is 0.0978. The number of ketones is 1. The number of phenols is 2. The zero-order valence-electron chi connectivity index (χ0n) is 14.5. The molecule has 0 atom stereocenters. The highest BCUT2D eigenvalue weighted by molar-refractivity contribution is 5.99. The molecule has 0 saturated carbocycles. The number of aromatic hydroxyl groups is 2. The highest BCUT2D eigenvalue weighted by Gasteiger charge is 2.20. The zero-order valence-corrected chi connectivity index (χ0v) is 14.5. The van der Waals surface area contributed by atoms with Crippen LogP contribution in [0.1, 0.15) is 41.8 Å². The van der Waals surface area contributed by atoms with Crippen LogP contribution in [-0.2, 0) is 6.42 Å². The van der Waals surface area contributed by atoms with E-state index in [4.69, 9.17) is 0 Å². The monoisotopic (exact) mass is 327 g/mol. The molecule has 0 saturated heterocycles. The molecule has 4 heteroatoms. The third-order valence-corrected chi connectivity index (χ3v) is 4.32. The Bertz CT molecular complexity index is 708. The van der Waals surface area contributed by atoms with Gasteiger partial charge < -0.3 is 15.5 Å². The van der Waals surface area contributed by atoms with E-state index < -0.39 is 0 Å². The highest BCUT2D eigenvalue weighted by Crippen LogP contribution is 2.30. The Kier molecular flexibility index (Phi) is 5.62. The molecule has 0 amide bonds. The lowest BCUT2D eigenvalue weighted by atomic mass is 9.94. The van der Waals surface area contributed by atoms with E-state index in [0.29, 0.717) is 11.1 Å². The summed E-state index contributed by atoms with van der Waals surface area (Å²) in [6.07, 6.45) is 1.85. The number of carbonyl (C=O) groups is 1. The molecule has 3 N–H and O–H groups in total. The number of benzene rings is 2. The van der Waals surface area contributed by atoms with Crippen LogP contribution in [-0.4, -0.2) is 28.1 Å². The number of hydrogen-bond donors (Lipinski definition) is 3. The predicted molar refractivity (Wildman–Crippen MR) is 95.7 cm³/mol. The van der Waals surface area contributed by atoms with Gasteiger partial charge in [-0.25, -0.2) is 0 Å². The van der Waals surface area contributed by atoms with Gasteiger partial charge in [0.2, 0.25) is 0 Å². The van der Waals surface area contributed by atoms with Crippen molar-refractivity contribution >= 4 is 5.78 Å². The quantitative estimate of drug-likeness (QED) is 0.537. The molecule has 24 heavy (non-hydrogen) atoms. The smallest absolute Gasteiger partial charge is 0.177 e. The van der Waals surface area contributed by atoms with E-state index in [0.717, 1.165) is 12.8 Å². The van der Waals surface area contributed by atoms with Gasteiger partial charge in [-0.15, -0.1) is 0 Å². The minimum Gasteiger partial charge on any atom is -0.504 e. The molecule has 2 rings (SSSR count). The fourth-order valence-electron chi connectivity index (χ4n) is 2.59. The Morgan fingerprint density at radius 1 is 1.08 bits per heavy atom. The summed E-state index contributed by atoms with van der Waals surface area (Å²) in [7, 11) is 0. The summed E-state index contributed by atoms with van der Waals surface area (Å²) in [5.74, 6) is -0.542. The second-order valence-corrected chi connectivity index (χ2v) is 6.75. The SMILES string of the molecule is Cc1c(C(=O)CNC(C)(C)CCc2ccccc2)ccc(O)c1O. The summed E-state index contributed by atoms with van der Waals surface area (Å²) in [5.41, 5.74) is 1.93. The third kappa shape index (κ3) is 4.59. The van der Waals surface area contributed by atoms with Gasteiger partial charge in [0.15, 0.2) is 17.3 Å². The summed E-state index contributed by atoms with van der Waals surface area (Å²) < 4.78 is 0. The van der Waals surface area contributed by atoms with Gasteiger partial charge in [-0.05, 0) is 51.3 Å². The lowest BCUT2D eigenvalue weighted by Gasteiger charge is -2.26. The molecule has 0 aliphatic carbocycles. The van der Waals surface area contributed by atoms with Crippen molar-refractivity contribution in [3.8, 4) is 11.5 Å². The summed E-state index contributed by atoms with van der Waals surface area (Å²) >= 11 is 0. The van der Waals surface area contributed by atoms with Crippen LogP contribution < -0.4 is 5.32 Å². The molecular formula is C20H25NO3. The Labute approximate surface area is 143 Å². The molecule has 0 aliphatic heterocycles. The third-order valence-electron chi connectivity index (χ3n) is 4.32. The van der Waals surface area contributed by atoms with Crippen LogP contribution in [0.2, 0.25) is 0 Å². The first-order chi connectivity index (χ1) is 11.3. The fourth-order valence-corrected chi connectivity index (χ4v) is 2.59. The Morgan fingerprint density at radius 2 is 1.75 bits per heavy atom. The molecule has 2 aromatic carbocycles. The molecule has 0 fully saturated rings. The van der Waals surface area contributed by atoms with E-state index in [2.05, 4.69) is 31.3 Å². The number of rotatable bonds is 7. The Morgan fingerprint density at radius 3 is 2.42 bits per heavy atom. The van der Waals surface area contributed by atoms with E-state index in [9.17, 15) is 15.0 Å². The van der Waals surface area contributed by atoms with Crippen LogP contribution in [0.15, 0.2) is 42.5 Å². The second kappa shape index (κ2) is 7.49. The molecular weight excluding hydrogens is 302 g/mol. The van der Waals surface area contributed by atoms with Gasteiger partial charge in [-0.2, -0.15) is 0 Å². The maximum Gasteiger partial charge on any atom is 0.177 e. The lowest BCUT2D eigenvalue weighted by Crippen LogP contribution is -2.42. The van der Waals surface area contributed by atoms with Crippen molar-refractivity contribution in [1.82, 2.24) is 5.32 Å². The Balaban J connectivity index is 1.94. The van der Waals surface area contributed by atoms with Crippen LogP contribution in [0.25, 0.3) is 0 Å². The number of carbonyl (C=O) groups excluding carboxylic acids is 1. The van der Waals surface area contributed by atoms with Crippen molar-refractivity contribution < 1.29 is 15.0 Å². The van der Waals surface area contributed by atoms with Crippen LogP contribution in [0.3, 0.4) is 0 Å². The molecule has 0 aromatic heterocycles. The molecule has 4 nitrogen and oxygen atoms in total. The number of phenolic OH excluding ortho intramolecular Hbond substituents is 2. The number of nitrogens with one attached hydrogen (secondary N) is 1. The molecule has 128 valence electrons. The van der Waals surface area contributed by atoms with Gasteiger partial charge in [0, 0.05) is 16.7 Å². The van der Waals surface area contributed by atoms with Crippen molar-refractivity contribution in [3.63, 3.8) is 0 Å². The van der Waals surface area contributed by atoms with Crippen molar-refractivity contribution in [3.05, 3.63) is 59.2 Å². The van der Waals surface area contributed by atoms with Crippen LogP contribution >= 0.6 is 0 Å². The molecule has 0 aliphatic rings. The van der Waals surface area contributed by atoms with E-state index in [1.807, 2.05) is 18.2 Å². The van der Waals surface area contributed by atoms with Crippen LogP contribution in [0, 0.1) is 6.92 Å². The van der Waals surface area contributed by atoms with E-state index in [1.165, 1.54) is 11.6 Å². The largest absolute Gasteiger partial charge is 0.504 e. The van der Waals surface area contributed by atoms with Gasteiger partial charge in [0.25, 0.3) is 0 Å². The molecule has 0 spiro atoms. The average molecular weight is 327 g/mol. The summed E-state index contributed by atoms with van der Waals surface area (Å²) in [4.78, 5) is 12.4. The average Bonchev–Trinajstić information content (AvgIpc) is 2.57. The van der Waals surface area contributed by atoms with Crippen LogP contribution in [0.4, 0.5) is 0 Å². The predicted octanol–water partition coefficient (Wildman–Crippen LogP) is 3.59. The van der Waals surface area contributed by atoms with Crippen molar-refractivity contribution in [2.45, 2.75) is 39.2 Å². The van der Waals surface area contributed by atoms with E-state index in [-0.39, 0.29) is 29.4 Å². The first kappa shape index (κ1) is 18.0. The molecule has 0 radical (unpaired) electrons. The van der Waals surface area contributed by atoms with Gasteiger partial charge in [0.1, 0.15) is 0 Å². The zero-order chi connectivity index (χ0) is 17.7. The first-order valence-corrected chi connectivity index (χ1v) is 8.14. The topological polar surface area (TPSA) is 69.6 Å². The Hall–Kier alpha value is -2.33.